The van der Waals surface area contributed by atoms with Gasteiger partial charge < -0.3 is 14.8 Å². The summed E-state index contributed by atoms with van der Waals surface area (Å²) in [5, 5.41) is 13.1. The van der Waals surface area contributed by atoms with E-state index in [0.717, 1.165) is 0 Å². The molecule has 100 valence electrons. The van der Waals surface area contributed by atoms with Gasteiger partial charge in [0.15, 0.2) is 0 Å². The zero-order valence-corrected chi connectivity index (χ0v) is 10.9. The molecule has 1 aromatic carbocycles. The van der Waals surface area contributed by atoms with Crippen LogP contribution >= 0.6 is 11.6 Å². The minimum absolute atomic E-state index is 0.191. The maximum Gasteiger partial charge on any atom is 0.251 e. The topological polar surface area (TPSA) is 62.5 Å². The van der Waals surface area contributed by atoms with E-state index in [1.807, 2.05) is 0 Å². The fraction of sp³-hybridized carbons (Fsp3) is 0.214. The van der Waals surface area contributed by atoms with E-state index in [1.54, 1.807) is 36.4 Å². The zero-order chi connectivity index (χ0) is 13.7. The van der Waals surface area contributed by atoms with Crippen molar-refractivity contribution in [3.63, 3.8) is 0 Å². The summed E-state index contributed by atoms with van der Waals surface area (Å²) in [5.74, 6) is 0.309. The van der Waals surface area contributed by atoms with E-state index in [-0.39, 0.29) is 5.91 Å². The van der Waals surface area contributed by atoms with Gasteiger partial charge in [-0.25, -0.2) is 0 Å². The zero-order valence-electron chi connectivity index (χ0n) is 10.2. The summed E-state index contributed by atoms with van der Waals surface area (Å²) in [5.41, 5.74) is 0.539. The van der Waals surface area contributed by atoms with Gasteiger partial charge in [-0.05, 0) is 42.8 Å². The lowest BCUT2D eigenvalue weighted by atomic mass is 10.2. The van der Waals surface area contributed by atoms with Gasteiger partial charge in [0.05, 0.1) is 6.26 Å². The fourth-order valence-corrected chi connectivity index (χ4v) is 1.77. The van der Waals surface area contributed by atoms with Crippen molar-refractivity contribution in [3.8, 4) is 0 Å². The molecule has 1 unspecified atom stereocenters. The first-order valence-electron chi connectivity index (χ1n) is 5.92. The van der Waals surface area contributed by atoms with Crippen LogP contribution in [-0.4, -0.2) is 17.6 Å². The molecule has 2 rings (SSSR count). The summed E-state index contributed by atoms with van der Waals surface area (Å²) >= 11 is 5.74. The van der Waals surface area contributed by atoms with Gasteiger partial charge in [0, 0.05) is 17.1 Å². The van der Waals surface area contributed by atoms with Crippen LogP contribution in [0.4, 0.5) is 0 Å². The second-order valence-corrected chi connectivity index (χ2v) is 4.52. The Morgan fingerprint density at radius 3 is 2.68 bits per heavy atom. The van der Waals surface area contributed by atoms with Crippen LogP contribution in [0, 0.1) is 0 Å². The predicted octanol–water partition coefficient (Wildman–Crippen LogP) is 2.79. The fourth-order valence-electron chi connectivity index (χ4n) is 1.65. The molecule has 0 saturated heterocycles. The van der Waals surface area contributed by atoms with E-state index in [4.69, 9.17) is 16.0 Å². The Morgan fingerprint density at radius 1 is 1.32 bits per heavy atom. The minimum atomic E-state index is -0.708. The summed E-state index contributed by atoms with van der Waals surface area (Å²) in [6, 6.07) is 10.0. The lowest BCUT2D eigenvalue weighted by molar-refractivity contribution is 0.0936. The third kappa shape index (κ3) is 3.84. The van der Waals surface area contributed by atoms with E-state index >= 15 is 0 Å². The van der Waals surface area contributed by atoms with Gasteiger partial charge in [-0.1, -0.05) is 11.6 Å². The molecular weight excluding hydrogens is 266 g/mol. The summed E-state index contributed by atoms with van der Waals surface area (Å²) in [4.78, 5) is 11.8. The summed E-state index contributed by atoms with van der Waals surface area (Å²) in [6.07, 6.45) is 1.19. The van der Waals surface area contributed by atoms with Crippen molar-refractivity contribution in [1.29, 1.82) is 0 Å². The van der Waals surface area contributed by atoms with Gasteiger partial charge in [0.2, 0.25) is 0 Å². The molecule has 2 aromatic rings. The molecule has 1 heterocycles. The molecule has 0 aliphatic carbocycles. The Bertz CT molecular complexity index is 522. The number of carbonyl (C=O) groups is 1. The molecule has 0 aliphatic rings. The molecule has 0 bridgehead atoms. The lowest BCUT2D eigenvalue weighted by Gasteiger charge is -2.09. The Morgan fingerprint density at radius 2 is 2.05 bits per heavy atom. The first kappa shape index (κ1) is 13.6. The van der Waals surface area contributed by atoms with Crippen LogP contribution in [0.25, 0.3) is 0 Å². The number of rotatable bonds is 5. The van der Waals surface area contributed by atoms with Gasteiger partial charge in [0.1, 0.15) is 11.9 Å². The highest BCUT2D eigenvalue weighted by Crippen LogP contribution is 2.16. The van der Waals surface area contributed by atoms with Crippen LogP contribution in [0.3, 0.4) is 0 Å². The summed E-state index contributed by atoms with van der Waals surface area (Å²) < 4.78 is 5.07. The number of hydrogen-bond acceptors (Lipinski definition) is 3. The third-order valence-corrected chi connectivity index (χ3v) is 2.93. The molecule has 0 aliphatic heterocycles. The van der Waals surface area contributed by atoms with Crippen molar-refractivity contribution in [2.24, 2.45) is 0 Å². The van der Waals surface area contributed by atoms with Crippen LogP contribution < -0.4 is 5.32 Å². The number of aliphatic hydroxyl groups excluding tert-OH is 1. The number of furan rings is 1. The normalized spacial score (nSPS) is 12.1. The number of aliphatic hydroxyl groups is 1. The summed E-state index contributed by atoms with van der Waals surface area (Å²) in [6.45, 7) is 0.364. The molecule has 2 N–H and O–H groups in total. The van der Waals surface area contributed by atoms with Gasteiger partial charge in [-0.3, -0.25) is 4.79 Å². The van der Waals surface area contributed by atoms with Crippen LogP contribution in [0.2, 0.25) is 5.02 Å². The van der Waals surface area contributed by atoms with Gasteiger partial charge in [-0.15, -0.1) is 0 Å². The lowest BCUT2D eigenvalue weighted by Crippen LogP contribution is -2.25. The average molecular weight is 280 g/mol. The Balaban J connectivity index is 1.79. The number of nitrogens with one attached hydrogen (secondary N) is 1. The molecule has 0 spiro atoms. The monoisotopic (exact) mass is 279 g/mol. The first-order chi connectivity index (χ1) is 9.16. The molecule has 0 fully saturated rings. The average Bonchev–Trinajstić information content (AvgIpc) is 2.93. The van der Waals surface area contributed by atoms with Crippen molar-refractivity contribution in [3.05, 3.63) is 59.0 Å². The Labute approximate surface area is 116 Å². The smallest absolute Gasteiger partial charge is 0.251 e. The Hall–Kier alpha value is -1.78. The van der Waals surface area contributed by atoms with Crippen molar-refractivity contribution < 1.29 is 14.3 Å². The second-order valence-electron chi connectivity index (χ2n) is 4.08. The van der Waals surface area contributed by atoms with Gasteiger partial charge >= 0.3 is 0 Å². The van der Waals surface area contributed by atoms with E-state index in [9.17, 15) is 9.90 Å². The maximum absolute atomic E-state index is 11.8. The quantitative estimate of drug-likeness (QED) is 0.885. The largest absolute Gasteiger partial charge is 0.467 e. The molecule has 1 amide bonds. The molecule has 1 atom stereocenters. The minimum Gasteiger partial charge on any atom is -0.467 e. The highest BCUT2D eigenvalue weighted by molar-refractivity contribution is 6.30. The van der Waals surface area contributed by atoms with Crippen LogP contribution in [0.5, 0.6) is 0 Å². The molecular formula is C14H14ClNO3. The Kier molecular flexibility index (Phi) is 4.60. The SMILES string of the molecule is O=C(NCCC(O)c1ccco1)c1ccc(Cl)cc1. The van der Waals surface area contributed by atoms with Crippen LogP contribution in [0.1, 0.15) is 28.6 Å². The van der Waals surface area contributed by atoms with Crippen LogP contribution in [0.15, 0.2) is 47.1 Å². The second kappa shape index (κ2) is 6.41. The highest BCUT2D eigenvalue weighted by atomic mass is 35.5. The molecule has 0 saturated carbocycles. The number of hydrogen-bond donors (Lipinski definition) is 2. The van der Waals surface area contributed by atoms with E-state index in [0.29, 0.717) is 29.3 Å². The molecule has 1 aromatic heterocycles. The van der Waals surface area contributed by atoms with Gasteiger partial charge in [0.25, 0.3) is 5.91 Å². The maximum atomic E-state index is 11.8. The third-order valence-electron chi connectivity index (χ3n) is 2.68. The highest BCUT2D eigenvalue weighted by Gasteiger charge is 2.11. The van der Waals surface area contributed by atoms with Crippen molar-refractivity contribution in [1.82, 2.24) is 5.32 Å². The predicted molar refractivity (Wildman–Crippen MR) is 72.1 cm³/mol. The number of halogens is 1. The van der Waals surface area contributed by atoms with E-state index in [1.165, 1.54) is 6.26 Å². The van der Waals surface area contributed by atoms with Crippen LogP contribution in [-0.2, 0) is 0 Å². The van der Waals surface area contributed by atoms with Crippen molar-refractivity contribution in [2.45, 2.75) is 12.5 Å². The van der Waals surface area contributed by atoms with Crippen molar-refractivity contribution >= 4 is 17.5 Å². The van der Waals surface area contributed by atoms with E-state index < -0.39 is 6.10 Å². The first-order valence-corrected chi connectivity index (χ1v) is 6.30. The molecule has 0 radical (unpaired) electrons. The molecule has 4 nitrogen and oxygen atoms in total. The number of benzene rings is 1. The number of amides is 1. The van der Waals surface area contributed by atoms with E-state index in [2.05, 4.69) is 5.32 Å². The van der Waals surface area contributed by atoms with Crippen molar-refractivity contribution in [2.75, 3.05) is 6.54 Å². The molecule has 5 heteroatoms. The van der Waals surface area contributed by atoms with Gasteiger partial charge in [-0.2, -0.15) is 0 Å². The molecule has 19 heavy (non-hydrogen) atoms. The number of carbonyl (C=O) groups excluding carboxylic acids is 1. The standard InChI is InChI=1S/C14H14ClNO3/c15-11-5-3-10(4-6-11)14(18)16-8-7-12(17)13-2-1-9-19-13/h1-6,9,12,17H,7-8H2,(H,16,18). The summed E-state index contributed by atoms with van der Waals surface area (Å²) in [7, 11) is 0.